The van der Waals surface area contributed by atoms with E-state index < -0.39 is 10.0 Å². The van der Waals surface area contributed by atoms with E-state index in [9.17, 15) is 8.42 Å². The first-order chi connectivity index (χ1) is 11.8. The summed E-state index contributed by atoms with van der Waals surface area (Å²) in [5.74, 6) is 2.13. The van der Waals surface area contributed by atoms with Gasteiger partial charge in [0.1, 0.15) is 5.75 Å². The minimum atomic E-state index is -3.54. The highest BCUT2D eigenvalue weighted by Gasteiger charge is 2.19. The van der Waals surface area contributed by atoms with Crippen LogP contribution in [0.1, 0.15) is 16.7 Å². The van der Waals surface area contributed by atoms with Crippen LogP contribution < -0.4 is 9.46 Å². The van der Waals surface area contributed by atoms with Crippen molar-refractivity contribution in [1.29, 1.82) is 0 Å². The number of nitrogens with one attached hydrogen (secondary N) is 1. The van der Waals surface area contributed by atoms with Gasteiger partial charge >= 0.3 is 0 Å². The van der Waals surface area contributed by atoms with Crippen LogP contribution in [0.3, 0.4) is 0 Å². The Balaban J connectivity index is 1.92. The zero-order chi connectivity index (χ0) is 18.4. The molecule has 0 radical (unpaired) electrons. The predicted molar refractivity (Wildman–Crippen MR) is 105 cm³/mol. The van der Waals surface area contributed by atoms with E-state index >= 15 is 0 Å². The van der Waals surface area contributed by atoms with Gasteiger partial charge in [-0.15, -0.1) is 0 Å². The first-order valence-corrected chi connectivity index (χ1v) is 10.8. The third kappa shape index (κ3) is 5.64. The van der Waals surface area contributed by atoms with E-state index in [0.29, 0.717) is 39.1 Å². The van der Waals surface area contributed by atoms with Gasteiger partial charge in [-0.05, 0) is 54.8 Å². The lowest BCUT2D eigenvalue weighted by molar-refractivity contribution is 0.413. The second kappa shape index (κ2) is 8.94. The molecule has 136 valence electrons. The van der Waals surface area contributed by atoms with Gasteiger partial charge in [-0.2, -0.15) is 11.8 Å². The molecule has 0 unspecified atom stereocenters. The van der Waals surface area contributed by atoms with Gasteiger partial charge in [-0.25, -0.2) is 13.1 Å². The predicted octanol–water partition coefficient (Wildman–Crippen LogP) is 4.18. The molecule has 4 nitrogen and oxygen atoms in total. The summed E-state index contributed by atoms with van der Waals surface area (Å²) in [4.78, 5) is 0.327. The molecule has 0 aliphatic carbocycles. The monoisotopic (exact) mass is 399 g/mol. The van der Waals surface area contributed by atoms with E-state index in [1.165, 1.54) is 0 Å². The molecule has 0 saturated carbocycles. The number of ether oxygens (including phenoxy) is 1. The van der Waals surface area contributed by atoms with Gasteiger partial charge in [-0.3, -0.25) is 0 Å². The van der Waals surface area contributed by atoms with E-state index in [4.69, 9.17) is 16.3 Å². The molecule has 0 amide bonds. The zero-order valence-corrected chi connectivity index (χ0v) is 16.9. The Bertz CT molecular complexity index is 815. The summed E-state index contributed by atoms with van der Waals surface area (Å²) in [6.45, 7) is 3.93. The summed E-state index contributed by atoms with van der Waals surface area (Å²) in [6, 6.07) is 11.1. The number of rotatable bonds is 8. The molecular formula is C18H22ClNO3S2. The van der Waals surface area contributed by atoms with Crippen LogP contribution in [0.2, 0.25) is 5.02 Å². The van der Waals surface area contributed by atoms with Crippen molar-refractivity contribution < 1.29 is 13.2 Å². The number of thioether (sulfide) groups is 1. The van der Waals surface area contributed by atoms with E-state index in [-0.39, 0.29) is 0 Å². The van der Waals surface area contributed by atoms with E-state index in [0.717, 1.165) is 11.3 Å². The molecule has 0 saturated heterocycles. The van der Waals surface area contributed by atoms with Gasteiger partial charge in [0.15, 0.2) is 0 Å². The number of aryl methyl sites for hydroxylation is 2. The third-order valence-corrected chi connectivity index (χ3v) is 6.67. The fourth-order valence-corrected chi connectivity index (χ4v) is 5.22. The highest BCUT2D eigenvalue weighted by Crippen LogP contribution is 2.25. The number of hydrogen-bond donors (Lipinski definition) is 1. The Hall–Kier alpha value is -1.21. The van der Waals surface area contributed by atoms with Crippen LogP contribution in [0, 0.1) is 13.8 Å². The molecule has 0 aromatic heterocycles. The highest BCUT2D eigenvalue weighted by atomic mass is 35.5. The number of sulfonamides is 1. The van der Waals surface area contributed by atoms with Crippen LogP contribution in [-0.4, -0.2) is 27.8 Å². The van der Waals surface area contributed by atoms with E-state index in [1.807, 2.05) is 24.3 Å². The minimum absolute atomic E-state index is 0.327. The van der Waals surface area contributed by atoms with Crippen LogP contribution in [0.4, 0.5) is 0 Å². The molecule has 2 aromatic rings. The fraction of sp³-hybridized carbons (Fsp3) is 0.333. The molecule has 0 spiro atoms. The molecule has 25 heavy (non-hydrogen) atoms. The molecule has 2 rings (SSSR count). The second-order valence-electron chi connectivity index (χ2n) is 5.67. The van der Waals surface area contributed by atoms with Crippen molar-refractivity contribution in [1.82, 2.24) is 4.72 Å². The molecule has 0 atom stereocenters. The van der Waals surface area contributed by atoms with Crippen LogP contribution in [0.25, 0.3) is 0 Å². The topological polar surface area (TPSA) is 55.4 Å². The summed E-state index contributed by atoms with van der Waals surface area (Å²) in [5.41, 5.74) is 2.48. The highest BCUT2D eigenvalue weighted by molar-refractivity contribution is 7.98. The average Bonchev–Trinajstić information content (AvgIpc) is 2.53. The molecule has 0 aliphatic rings. The smallest absolute Gasteiger partial charge is 0.241 e. The lowest BCUT2D eigenvalue weighted by Crippen LogP contribution is -2.27. The molecule has 1 N–H and O–H groups in total. The van der Waals surface area contributed by atoms with Crippen LogP contribution in [-0.2, 0) is 15.8 Å². The molecule has 0 aliphatic heterocycles. The van der Waals surface area contributed by atoms with Crippen molar-refractivity contribution in [3.05, 3.63) is 58.1 Å². The third-order valence-electron chi connectivity index (χ3n) is 3.63. The minimum Gasteiger partial charge on any atom is -0.497 e. The van der Waals surface area contributed by atoms with E-state index in [2.05, 4.69) is 4.72 Å². The van der Waals surface area contributed by atoms with Crippen molar-refractivity contribution in [2.24, 2.45) is 0 Å². The standard InChI is InChI=1S/C18H22ClNO3S2/c1-13-9-17(23-3)10-14(2)18(13)25(21,22)20-7-8-24-12-15-5-4-6-16(19)11-15/h4-6,9-11,20H,7-8,12H2,1-3H3. The maximum atomic E-state index is 12.6. The Morgan fingerprint density at radius 2 is 1.84 bits per heavy atom. The van der Waals surface area contributed by atoms with Crippen LogP contribution >= 0.6 is 23.4 Å². The van der Waals surface area contributed by atoms with Crippen molar-refractivity contribution in [2.75, 3.05) is 19.4 Å². The van der Waals surface area contributed by atoms with Crippen molar-refractivity contribution in [3.63, 3.8) is 0 Å². The van der Waals surface area contributed by atoms with Gasteiger partial charge in [0.05, 0.1) is 12.0 Å². The van der Waals surface area contributed by atoms with Crippen molar-refractivity contribution in [2.45, 2.75) is 24.5 Å². The summed E-state index contributed by atoms with van der Waals surface area (Å²) in [7, 11) is -1.97. The van der Waals surface area contributed by atoms with Gasteiger partial charge < -0.3 is 4.74 Å². The lowest BCUT2D eigenvalue weighted by atomic mass is 10.1. The van der Waals surface area contributed by atoms with Crippen LogP contribution in [0.5, 0.6) is 5.75 Å². The maximum absolute atomic E-state index is 12.6. The zero-order valence-electron chi connectivity index (χ0n) is 14.5. The Morgan fingerprint density at radius 3 is 2.44 bits per heavy atom. The average molecular weight is 400 g/mol. The number of methoxy groups -OCH3 is 1. The lowest BCUT2D eigenvalue weighted by Gasteiger charge is -2.13. The Kier molecular flexibility index (Phi) is 7.19. The summed E-state index contributed by atoms with van der Waals surface area (Å²) >= 11 is 7.61. The molecule has 7 heteroatoms. The van der Waals surface area contributed by atoms with Crippen molar-refractivity contribution in [3.8, 4) is 5.75 Å². The van der Waals surface area contributed by atoms with E-state index in [1.54, 1.807) is 44.9 Å². The number of hydrogen-bond acceptors (Lipinski definition) is 4. The van der Waals surface area contributed by atoms with Crippen LogP contribution in [0.15, 0.2) is 41.3 Å². The largest absolute Gasteiger partial charge is 0.497 e. The first kappa shape index (κ1) is 20.1. The number of halogens is 1. The molecule has 0 heterocycles. The molecule has 2 aromatic carbocycles. The normalized spacial score (nSPS) is 11.5. The quantitative estimate of drug-likeness (QED) is 0.676. The first-order valence-electron chi connectivity index (χ1n) is 7.80. The number of benzene rings is 2. The fourth-order valence-electron chi connectivity index (χ4n) is 2.59. The van der Waals surface area contributed by atoms with Gasteiger partial charge in [0.25, 0.3) is 0 Å². The Morgan fingerprint density at radius 1 is 1.16 bits per heavy atom. The Labute approximate surface area is 159 Å². The molecule has 0 fully saturated rings. The molecular weight excluding hydrogens is 378 g/mol. The summed E-state index contributed by atoms with van der Waals surface area (Å²) in [5, 5.41) is 0.712. The summed E-state index contributed by atoms with van der Waals surface area (Å²) < 4.78 is 33.0. The molecule has 0 bridgehead atoms. The van der Waals surface area contributed by atoms with Gasteiger partial charge in [0.2, 0.25) is 10.0 Å². The SMILES string of the molecule is COc1cc(C)c(S(=O)(=O)NCCSCc2cccc(Cl)c2)c(C)c1. The second-order valence-corrected chi connectivity index (χ2v) is 8.92. The van der Waals surface area contributed by atoms with Crippen molar-refractivity contribution >= 4 is 33.4 Å². The van der Waals surface area contributed by atoms with Gasteiger partial charge in [0, 0.05) is 23.1 Å². The van der Waals surface area contributed by atoms with Gasteiger partial charge in [-0.1, -0.05) is 23.7 Å². The maximum Gasteiger partial charge on any atom is 0.241 e. The summed E-state index contributed by atoms with van der Waals surface area (Å²) in [6.07, 6.45) is 0.